The molecule has 0 amide bonds. The smallest absolute Gasteiger partial charge is 0.303 e. The zero-order valence-electron chi connectivity index (χ0n) is 10.7. The van der Waals surface area contributed by atoms with E-state index in [2.05, 4.69) is 36.1 Å². The van der Waals surface area contributed by atoms with E-state index in [0.29, 0.717) is 12.8 Å². The van der Waals surface area contributed by atoms with Crippen molar-refractivity contribution >= 4 is 22.3 Å². The molecule has 0 aliphatic rings. The van der Waals surface area contributed by atoms with E-state index in [1.165, 1.54) is 11.3 Å². The quantitative estimate of drug-likeness (QED) is 0.915. The average Bonchev–Trinajstić information content (AvgIpc) is 2.73. The molecule has 6 nitrogen and oxygen atoms in total. The molecule has 1 N–H and O–H groups in total. The summed E-state index contributed by atoms with van der Waals surface area (Å²) in [4.78, 5) is 11.2. The number of hydrogen-bond donors (Lipinski definition) is 1. The first-order chi connectivity index (χ1) is 8.38. The number of hydrogen-bond acceptors (Lipinski definition) is 5. The SMILES string of the molecule is CC(C)(C)c1nnc2sc(CCCC(=O)O)nn12. The Hall–Kier alpha value is -1.50. The van der Waals surface area contributed by atoms with Crippen molar-refractivity contribution in [2.75, 3.05) is 0 Å². The van der Waals surface area contributed by atoms with Gasteiger partial charge in [-0.2, -0.15) is 9.61 Å². The van der Waals surface area contributed by atoms with Gasteiger partial charge in [-0.15, -0.1) is 10.2 Å². The molecule has 0 aliphatic carbocycles. The van der Waals surface area contributed by atoms with Crippen LogP contribution >= 0.6 is 11.3 Å². The highest BCUT2D eigenvalue weighted by Crippen LogP contribution is 2.23. The Morgan fingerprint density at radius 3 is 2.72 bits per heavy atom. The van der Waals surface area contributed by atoms with Crippen molar-refractivity contribution < 1.29 is 9.90 Å². The van der Waals surface area contributed by atoms with E-state index >= 15 is 0 Å². The number of rotatable bonds is 4. The molecular formula is C11H16N4O2S. The highest BCUT2D eigenvalue weighted by molar-refractivity contribution is 7.16. The molecule has 2 aromatic rings. The third kappa shape index (κ3) is 2.66. The van der Waals surface area contributed by atoms with E-state index in [4.69, 9.17) is 5.11 Å². The Balaban J connectivity index is 2.18. The number of carboxylic acids is 1. The van der Waals surface area contributed by atoms with Gasteiger partial charge in [-0.1, -0.05) is 32.1 Å². The monoisotopic (exact) mass is 268 g/mol. The summed E-state index contributed by atoms with van der Waals surface area (Å²) in [7, 11) is 0. The number of carboxylic acid groups (broad SMARTS) is 1. The summed E-state index contributed by atoms with van der Waals surface area (Å²) in [5, 5.41) is 22.2. The molecule has 2 aromatic heterocycles. The predicted molar refractivity (Wildman–Crippen MR) is 67.9 cm³/mol. The summed E-state index contributed by atoms with van der Waals surface area (Å²) in [6.45, 7) is 6.19. The van der Waals surface area contributed by atoms with Crippen molar-refractivity contribution in [1.82, 2.24) is 19.8 Å². The maximum absolute atomic E-state index is 10.5. The summed E-state index contributed by atoms with van der Waals surface area (Å²) >= 11 is 1.47. The van der Waals surface area contributed by atoms with E-state index in [-0.39, 0.29) is 11.8 Å². The number of aryl methyl sites for hydroxylation is 1. The highest BCUT2D eigenvalue weighted by atomic mass is 32.1. The highest BCUT2D eigenvalue weighted by Gasteiger charge is 2.23. The lowest BCUT2D eigenvalue weighted by Gasteiger charge is -2.13. The van der Waals surface area contributed by atoms with Crippen LogP contribution in [-0.2, 0) is 16.6 Å². The van der Waals surface area contributed by atoms with Crippen LogP contribution in [0, 0.1) is 0 Å². The second kappa shape index (κ2) is 4.64. The van der Waals surface area contributed by atoms with Gasteiger partial charge in [-0.3, -0.25) is 4.79 Å². The van der Waals surface area contributed by atoms with Crippen LogP contribution in [0.15, 0.2) is 0 Å². The van der Waals surface area contributed by atoms with Gasteiger partial charge in [-0.05, 0) is 6.42 Å². The molecule has 0 atom stereocenters. The molecular weight excluding hydrogens is 252 g/mol. The van der Waals surface area contributed by atoms with E-state index in [1.807, 2.05) is 0 Å². The summed E-state index contributed by atoms with van der Waals surface area (Å²) in [5.41, 5.74) is -0.105. The maximum Gasteiger partial charge on any atom is 0.303 e. The third-order valence-corrected chi connectivity index (χ3v) is 3.44. The molecule has 2 heterocycles. The molecule has 0 aliphatic heterocycles. The van der Waals surface area contributed by atoms with Crippen LogP contribution in [0.5, 0.6) is 0 Å². The Kier molecular flexibility index (Phi) is 3.34. The van der Waals surface area contributed by atoms with Crippen LogP contribution in [0.3, 0.4) is 0 Å². The zero-order valence-corrected chi connectivity index (χ0v) is 11.5. The maximum atomic E-state index is 10.5. The Bertz CT molecular complexity index is 567. The van der Waals surface area contributed by atoms with Gasteiger partial charge in [0.25, 0.3) is 0 Å². The molecule has 7 heteroatoms. The lowest BCUT2D eigenvalue weighted by atomic mass is 9.96. The van der Waals surface area contributed by atoms with E-state index < -0.39 is 5.97 Å². The lowest BCUT2D eigenvalue weighted by molar-refractivity contribution is -0.137. The standard InChI is InChI=1S/C11H16N4O2S/c1-11(2,3)9-12-13-10-15(9)14-7(18-10)5-4-6-8(16)17/h4-6H2,1-3H3,(H,16,17). The summed E-state index contributed by atoms with van der Waals surface area (Å²) in [6.07, 6.45) is 1.44. The Labute approximate surface area is 109 Å². The fourth-order valence-corrected chi connectivity index (χ4v) is 2.49. The van der Waals surface area contributed by atoms with Gasteiger partial charge in [0.05, 0.1) is 0 Å². The average molecular weight is 268 g/mol. The first-order valence-electron chi connectivity index (χ1n) is 5.81. The molecule has 98 valence electrons. The molecule has 0 aromatic carbocycles. The molecule has 0 saturated heterocycles. The summed E-state index contributed by atoms with van der Waals surface area (Å²) in [5.74, 6) is 0.0617. The molecule has 0 radical (unpaired) electrons. The minimum atomic E-state index is -0.770. The van der Waals surface area contributed by atoms with E-state index in [1.54, 1.807) is 4.52 Å². The second-order valence-electron chi connectivity index (χ2n) is 5.21. The van der Waals surface area contributed by atoms with E-state index in [9.17, 15) is 4.79 Å². The molecule has 0 bridgehead atoms. The van der Waals surface area contributed by atoms with Crippen LogP contribution in [0.25, 0.3) is 4.96 Å². The second-order valence-corrected chi connectivity index (χ2v) is 6.25. The largest absolute Gasteiger partial charge is 0.481 e. The van der Waals surface area contributed by atoms with Crippen molar-refractivity contribution in [3.05, 3.63) is 10.8 Å². The van der Waals surface area contributed by atoms with Crippen LogP contribution in [0.2, 0.25) is 0 Å². The van der Waals surface area contributed by atoms with Crippen LogP contribution in [0.1, 0.15) is 44.4 Å². The van der Waals surface area contributed by atoms with Gasteiger partial charge in [0, 0.05) is 18.3 Å². The minimum absolute atomic E-state index is 0.105. The van der Waals surface area contributed by atoms with Gasteiger partial charge in [0.15, 0.2) is 5.82 Å². The summed E-state index contributed by atoms with van der Waals surface area (Å²) in [6, 6.07) is 0. The van der Waals surface area contributed by atoms with Crippen molar-refractivity contribution in [3.63, 3.8) is 0 Å². The lowest BCUT2D eigenvalue weighted by Crippen LogP contribution is -2.16. The van der Waals surface area contributed by atoms with E-state index in [0.717, 1.165) is 15.8 Å². The fraction of sp³-hybridized carbons (Fsp3) is 0.636. The minimum Gasteiger partial charge on any atom is -0.481 e. The Morgan fingerprint density at radius 1 is 1.39 bits per heavy atom. The zero-order chi connectivity index (χ0) is 13.3. The number of nitrogens with zero attached hydrogens (tertiary/aromatic N) is 4. The van der Waals surface area contributed by atoms with Crippen molar-refractivity contribution in [2.45, 2.75) is 45.4 Å². The molecule has 0 fully saturated rings. The van der Waals surface area contributed by atoms with Crippen LogP contribution in [-0.4, -0.2) is 30.9 Å². The molecule has 0 spiro atoms. The van der Waals surface area contributed by atoms with Crippen molar-refractivity contribution in [2.24, 2.45) is 0 Å². The molecule has 2 rings (SSSR count). The van der Waals surface area contributed by atoms with Gasteiger partial charge < -0.3 is 5.11 Å². The van der Waals surface area contributed by atoms with Crippen molar-refractivity contribution in [3.8, 4) is 0 Å². The topological polar surface area (TPSA) is 80.4 Å². The number of aromatic nitrogens is 4. The normalized spacial score (nSPS) is 12.2. The number of fused-ring (bicyclic) bond motifs is 1. The van der Waals surface area contributed by atoms with Gasteiger partial charge in [0.2, 0.25) is 4.96 Å². The molecule has 0 unspecified atom stereocenters. The number of aliphatic carboxylic acids is 1. The third-order valence-electron chi connectivity index (χ3n) is 2.48. The predicted octanol–water partition coefficient (Wildman–Crippen LogP) is 1.89. The van der Waals surface area contributed by atoms with Gasteiger partial charge >= 0.3 is 5.97 Å². The van der Waals surface area contributed by atoms with Gasteiger partial charge in [-0.25, -0.2) is 0 Å². The van der Waals surface area contributed by atoms with Crippen molar-refractivity contribution in [1.29, 1.82) is 0 Å². The fourth-order valence-electron chi connectivity index (χ4n) is 1.62. The first kappa shape index (κ1) is 12.9. The molecule has 18 heavy (non-hydrogen) atoms. The Morgan fingerprint density at radius 2 is 2.11 bits per heavy atom. The van der Waals surface area contributed by atoms with Crippen LogP contribution < -0.4 is 0 Å². The summed E-state index contributed by atoms with van der Waals surface area (Å²) < 4.78 is 1.76. The number of carbonyl (C=O) groups is 1. The first-order valence-corrected chi connectivity index (χ1v) is 6.63. The molecule has 0 saturated carbocycles. The van der Waals surface area contributed by atoms with Gasteiger partial charge in [0.1, 0.15) is 5.01 Å². The van der Waals surface area contributed by atoms with Crippen LogP contribution in [0.4, 0.5) is 0 Å².